The molecule has 0 amide bonds. The summed E-state index contributed by atoms with van der Waals surface area (Å²) in [6, 6.07) is 1.73. The smallest absolute Gasteiger partial charge is 0.0640 e. The summed E-state index contributed by atoms with van der Waals surface area (Å²) in [6.45, 7) is 1.97. The molecule has 2 N–H and O–H groups in total. The highest BCUT2D eigenvalue weighted by Gasteiger charge is 2.13. The summed E-state index contributed by atoms with van der Waals surface area (Å²) in [5.41, 5.74) is 6.48. The minimum absolute atomic E-state index is 0.173. The van der Waals surface area contributed by atoms with E-state index in [2.05, 4.69) is 0 Å². The number of rotatable bonds is 4. The third-order valence-electron chi connectivity index (χ3n) is 2.29. The van der Waals surface area contributed by atoms with Gasteiger partial charge in [-0.1, -0.05) is 46.4 Å². The maximum absolute atomic E-state index is 6.08. The third-order valence-corrected chi connectivity index (χ3v) is 3.94. The molecule has 0 heterocycles. The van der Waals surface area contributed by atoms with Crippen LogP contribution in [0.25, 0.3) is 0 Å². The Morgan fingerprint density at radius 2 is 1.62 bits per heavy atom. The van der Waals surface area contributed by atoms with Crippen molar-refractivity contribution < 1.29 is 0 Å². The fraction of sp³-hybridized carbons (Fsp3) is 0.455. The van der Waals surface area contributed by atoms with Gasteiger partial charge in [-0.25, -0.2) is 0 Å². The third kappa shape index (κ3) is 3.68. The van der Waals surface area contributed by atoms with Crippen LogP contribution in [-0.4, -0.2) is 6.04 Å². The van der Waals surface area contributed by atoms with Crippen molar-refractivity contribution in [2.24, 2.45) is 5.73 Å². The largest absolute Gasteiger partial charge is 0.328 e. The van der Waals surface area contributed by atoms with Gasteiger partial charge in [0.1, 0.15) is 0 Å². The molecule has 0 aliphatic rings. The lowest BCUT2D eigenvalue weighted by molar-refractivity contribution is 0.624. The van der Waals surface area contributed by atoms with Crippen molar-refractivity contribution in [1.29, 1.82) is 0 Å². The average Bonchev–Trinajstić information content (AvgIpc) is 2.20. The Hall–Kier alpha value is 0.340. The monoisotopic (exact) mass is 299 g/mol. The quantitative estimate of drug-likeness (QED) is 0.781. The van der Waals surface area contributed by atoms with Crippen molar-refractivity contribution in [2.75, 3.05) is 0 Å². The minimum atomic E-state index is 0.173. The molecule has 5 heteroatoms. The fourth-order valence-electron chi connectivity index (χ4n) is 1.44. The van der Waals surface area contributed by atoms with Crippen LogP contribution in [0.1, 0.15) is 25.3 Å². The fourth-order valence-corrected chi connectivity index (χ4v) is 2.48. The van der Waals surface area contributed by atoms with Crippen LogP contribution < -0.4 is 5.73 Å². The van der Waals surface area contributed by atoms with Crippen LogP contribution in [0.15, 0.2) is 6.07 Å². The molecule has 0 saturated heterocycles. The number of nitrogens with two attached hydrogens (primary N) is 1. The van der Waals surface area contributed by atoms with Gasteiger partial charge in [0.05, 0.1) is 20.1 Å². The molecule has 1 rings (SSSR count). The lowest BCUT2D eigenvalue weighted by Crippen LogP contribution is -2.14. The van der Waals surface area contributed by atoms with Gasteiger partial charge in [0, 0.05) is 6.04 Å². The second-order valence-corrected chi connectivity index (χ2v) is 5.39. The van der Waals surface area contributed by atoms with Crippen LogP contribution in [0.3, 0.4) is 0 Å². The number of halogens is 4. The molecule has 0 bridgehead atoms. The first-order valence-corrected chi connectivity index (χ1v) is 6.52. The van der Waals surface area contributed by atoms with Crippen LogP contribution in [0, 0.1) is 0 Å². The Bertz CT molecular complexity index is 350. The zero-order valence-corrected chi connectivity index (χ0v) is 11.9. The topological polar surface area (TPSA) is 26.0 Å². The summed E-state index contributed by atoms with van der Waals surface area (Å²) < 4.78 is 0. The Balaban J connectivity index is 2.86. The van der Waals surface area contributed by atoms with E-state index in [9.17, 15) is 0 Å². The SMILES string of the molecule is CC(N)CCCc1c(Cl)c(Cl)cc(Cl)c1Cl. The normalized spacial score (nSPS) is 12.9. The van der Waals surface area contributed by atoms with E-state index in [4.69, 9.17) is 52.1 Å². The number of hydrogen-bond acceptors (Lipinski definition) is 1. The molecule has 1 aromatic rings. The molecule has 90 valence electrons. The Kier molecular flexibility index (Phi) is 5.69. The highest BCUT2D eigenvalue weighted by molar-refractivity contribution is 6.48. The van der Waals surface area contributed by atoms with E-state index in [0.717, 1.165) is 24.8 Å². The van der Waals surface area contributed by atoms with Gasteiger partial charge in [0.2, 0.25) is 0 Å². The van der Waals surface area contributed by atoms with Gasteiger partial charge in [0.15, 0.2) is 0 Å². The molecule has 16 heavy (non-hydrogen) atoms. The van der Waals surface area contributed by atoms with Gasteiger partial charge in [-0.2, -0.15) is 0 Å². The molecule has 0 saturated carbocycles. The molecule has 1 atom stereocenters. The predicted octanol–water partition coefficient (Wildman–Crippen LogP) is 4.97. The van der Waals surface area contributed by atoms with Crippen molar-refractivity contribution in [3.8, 4) is 0 Å². The van der Waals surface area contributed by atoms with Gasteiger partial charge < -0.3 is 5.73 Å². The molecule has 0 aliphatic heterocycles. The highest BCUT2D eigenvalue weighted by Crippen LogP contribution is 2.37. The standard InChI is InChI=1S/C11H13Cl4N/c1-6(16)3-2-4-7-10(14)8(12)5-9(13)11(7)15/h5-6H,2-4,16H2,1H3. The van der Waals surface area contributed by atoms with Crippen molar-refractivity contribution in [3.05, 3.63) is 31.7 Å². The lowest BCUT2D eigenvalue weighted by atomic mass is 10.1. The lowest BCUT2D eigenvalue weighted by Gasteiger charge is -2.11. The van der Waals surface area contributed by atoms with Crippen molar-refractivity contribution in [2.45, 2.75) is 32.2 Å². The maximum atomic E-state index is 6.08. The van der Waals surface area contributed by atoms with Gasteiger partial charge in [-0.15, -0.1) is 0 Å². The summed E-state index contributed by atoms with van der Waals surface area (Å²) in [6.07, 6.45) is 2.56. The predicted molar refractivity (Wildman–Crippen MR) is 73.1 cm³/mol. The summed E-state index contributed by atoms with van der Waals surface area (Å²) in [4.78, 5) is 0. The molecule has 1 nitrogen and oxygen atoms in total. The van der Waals surface area contributed by atoms with Crippen LogP contribution in [0.4, 0.5) is 0 Å². The summed E-state index contributed by atoms with van der Waals surface area (Å²) in [5.74, 6) is 0. The van der Waals surface area contributed by atoms with Gasteiger partial charge in [-0.3, -0.25) is 0 Å². The second kappa shape index (κ2) is 6.32. The van der Waals surface area contributed by atoms with Crippen LogP contribution in [-0.2, 0) is 6.42 Å². The molecule has 1 unspecified atom stereocenters. The summed E-state index contributed by atoms with van der Waals surface area (Å²) in [5, 5.41) is 1.85. The van der Waals surface area contributed by atoms with Gasteiger partial charge in [0.25, 0.3) is 0 Å². The Morgan fingerprint density at radius 3 is 2.06 bits per heavy atom. The minimum Gasteiger partial charge on any atom is -0.328 e. The van der Waals surface area contributed by atoms with E-state index in [1.165, 1.54) is 0 Å². The second-order valence-electron chi connectivity index (χ2n) is 3.82. The van der Waals surface area contributed by atoms with Crippen LogP contribution in [0.5, 0.6) is 0 Å². The summed E-state index contributed by atoms with van der Waals surface area (Å²) in [7, 11) is 0. The zero-order chi connectivity index (χ0) is 12.3. The molecular weight excluding hydrogens is 288 g/mol. The van der Waals surface area contributed by atoms with E-state index in [1.807, 2.05) is 6.92 Å². The van der Waals surface area contributed by atoms with Crippen LogP contribution in [0.2, 0.25) is 20.1 Å². The molecule has 0 radical (unpaired) electrons. The van der Waals surface area contributed by atoms with Crippen molar-refractivity contribution in [1.82, 2.24) is 0 Å². The summed E-state index contributed by atoms with van der Waals surface area (Å²) >= 11 is 24.0. The molecule has 0 fully saturated rings. The Morgan fingerprint density at radius 1 is 1.12 bits per heavy atom. The number of benzene rings is 1. The molecular formula is C11H13Cl4N. The van der Waals surface area contributed by atoms with Crippen molar-refractivity contribution in [3.63, 3.8) is 0 Å². The molecule has 0 aliphatic carbocycles. The first-order valence-electron chi connectivity index (χ1n) is 5.01. The highest BCUT2D eigenvalue weighted by atomic mass is 35.5. The average molecular weight is 301 g/mol. The Labute approximate surface area is 116 Å². The first kappa shape index (κ1) is 14.4. The molecule has 1 aromatic carbocycles. The number of hydrogen-bond donors (Lipinski definition) is 1. The van der Waals surface area contributed by atoms with Gasteiger partial charge >= 0.3 is 0 Å². The van der Waals surface area contributed by atoms with E-state index < -0.39 is 0 Å². The molecule has 0 spiro atoms. The first-order chi connectivity index (χ1) is 7.43. The van der Waals surface area contributed by atoms with E-state index in [0.29, 0.717) is 20.1 Å². The zero-order valence-electron chi connectivity index (χ0n) is 8.87. The van der Waals surface area contributed by atoms with Gasteiger partial charge in [-0.05, 0) is 37.8 Å². The van der Waals surface area contributed by atoms with Crippen molar-refractivity contribution >= 4 is 46.4 Å². The van der Waals surface area contributed by atoms with Crippen LogP contribution >= 0.6 is 46.4 Å². The maximum Gasteiger partial charge on any atom is 0.0640 e. The molecule has 0 aromatic heterocycles. The van der Waals surface area contributed by atoms with E-state index in [-0.39, 0.29) is 6.04 Å². The van der Waals surface area contributed by atoms with E-state index in [1.54, 1.807) is 6.07 Å². The van der Waals surface area contributed by atoms with E-state index >= 15 is 0 Å².